The molecule has 3 rings (SSSR count). The minimum Gasteiger partial charge on any atom is -0.490 e. The van der Waals surface area contributed by atoms with Crippen LogP contribution in [0.5, 0.6) is 11.5 Å². The molecule has 0 unspecified atom stereocenters. The van der Waals surface area contributed by atoms with Crippen LogP contribution in [0.3, 0.4) is 0 Å². The van der Waals surface area contributed by atoms with Crippen molar-refractivity contribution in [3.8, 4) is 11.5 Å². The van der Waals surface area contributed by atoms with E-state index in [1.54, 1.807) is 12.1 Å². The summed E-state index contributed by atoms with van der Waals surface area (Å²) in [4.78, 5) is 20.3. The van der Waals surface area contributed by atoms with Gasteiger partial charge in [-0.05, 0) is 37.6 Å². The van der Waals surface area contributed by atoms with E-state index in [1.165, 1.54) is 0 Å². The maximum Gasteiger partial charge on any atom is 0.251 e. The largest absolute Gasteiger partial charge is 0.490 e. The molecule has 0 aliphatic rings. The summed E-state index contributed by atoms with van der Waals surface area (Å²) in [5.74, 6) is 1.37. The zero-order valence-corrected chi connectivity index (χ0v) is 16.8. The number of hydrogen-bond donors (Lipinski definition) is 2. The fraction of sp³-hybridized carbons (Fsp3) is 0.333. The van der Waals surface area contributed by atoms with Crippen molar-refractivity contribution in [2.75, 3.05) is 13.2 Å². The zero-order valence-electron chi connectivity index (χ0n) is 16.0. The Bertz CT molecular complexity index is 922. The normalized spacial score (nSPS) is 10.8. The van der Waals surface area contributed by atoms with Crippen LogP contribution in [-0.2, 0) is 6.54 Å². The first-order valence-corrected chi connectivity index (χ1v) is 9.81. The summed E-state index contributed by atoms with van der Waals surface area (Å²) >= 11 is 6.36. The number of unbranched alkanes of at least 4 members (excludes halogenated alkanes) is 1. The summed E-state index contributed by atoms with van der Waals surface area (Å²) < 4.78 is 11.4. The molecule has 0 aliphatic carbocycles. The van der Waals surface area contributed by atoms with E-state index in [4.69, 9.17) is 21.1 Å². The van der Waals surface area contributed by atoms with E-state index in [9.17, 15) is 4.79 Å². The van der Waals surface area contributed by atoms with Crippen molar-refractivity contribution in [2.24, 2.45) is 0 Å². The predicted molar refractivity (Wildman–Crippen MR) is 110 cm³/mol. The van der Waals surface area contributed by atoms with Crippen molar-refractivity contribution in [1.29, 1.82) is 0 Å². The summed E-state index contributed by atoms with van der Waals surface area (Å²) in [6.45, 7) is 5.24. The van der Waals surface area contributed by atoms with E-state index in [-0.39, 0.29) is 12.5 Å². The van der Waals surface area contributed by atoms with Crippen LogP contribution in [0.1, 0.15) is 42.9 Å². The minimum absolute atomic E-state index is 0.261. The number of nitrogens with one attached hydrogen (secondary N) is 2. The zero-order chi connectivity index (χ0) is 19.9. The lowest BCUT2D eigenvalue weighted by molar-refractivity contribution is 0.0949. The van der Waals surface area contributed by atoms with Crippen LogP contribution in [0.2, 0.25) is 5.02 Å². The average molecular weight is 402 g/mol. The third kappa shape index (κ3) is 4.75. The first-order chi connectivity index (χ1) is 13.6. The van der Waals surface area contributed by atoms with Gasteiger partial charge in [-0.25, -0.2) is 4.98 Å². The number of amides is 1. The molecule has 0 bridgehead atoms. The number of fused-ring (bicyclic) bond motifs is 1. The smallest absolute Gasteiger partial charge is 0.251 e. The van der Waals surface area contributed by atoms with E-state index in [0.29, 0.717) is 41.1 Å². The number of H-pyrrole nitrogens is 1. The molecule has 148 valence electrons. The van der Waals surface area contributed by atoms with Gasteiger partial charge in [0.15, 0.2) is 11.5 Å². The minimum atomic E-state index is -0.261. The van der Waals surface area contributed by atoms with E-state index in [1.807, 2.05) is 31.2 Å². The van der Waals surface area contributed by atoms with Crippen LogP contribution in [0, 0.1) is 0 Å². The van der Waals surface area contributed by atoms with Gasteiger partial charge in [-0.3, -0.25) is 4.79 Å². The van der Waals surface area contributed by atoms with Gasteiger partial charge in [-0.2, -0.15) is 0 Å². The van der Waals surface area contributed by atoms with Gasteiger partial charge in [0.2, 0.25) is 0 Å². The van der Waals surface area contributed by atoms with Gasteiger partial charge >= 0.3 is 0 Å². The summed E-state index contributed by atoms with van der Waals surface area (Å²) in [6.07, 6.45) is 1.94. The highest BCUT2D eigenvalue weighted by molar-refractivity contribution is 6.32. The fourth-order valence-corrected chi connectivity index (χ4v) is 3.04. The Kier molecular flexibility index (Phi) is 6.76. The van der Waals surface area contributed by atoms with Gasteiger partial charge in [-0.15, -0.1) is 0 Å². The molecule has 0 fully saturated rings. The van der Waals surface area contributed by atoms with Gasteiger partial charge in [0.05, 0.1) is 35.8 Å². The summed E-state index contributed by atoms with van der Waals surface area (Å²) in [7, 11) is 0. The Balaban J connectivity index is 1.72. The lowest BCUT2D eigenvalue weighted by Gasteiger charge is -2.15. The number of para-hydroxylation sites is 2. The number of carbonyl (C=O) groups is 1. The second-order valence-electron chi connectivity index (χ2n) is 6.30. The molecule has 0 atom stereocenters. The second-order valence-corrected chi connectivity index (χ2v) is 6.71. The van der Waals surface area contributed by atoms with Crippen LogP contribution >= 0.6 is 11.6 Å². The summed E-state index contributed by atoms with van der Waals surface area (Å²) in [5.41, 5.74) is 2.21. The Morgan fingerprint density at radius 3 is 2.79 bits per heavy atom. The van der Waals surface area contributed by atoms with Gasteiger partial charge in [0.25, 0.3) is 5.91 Å². The molecular weight excluding hydrogens is 378 g/mol. The van der Waals surface area contributed by atoms with Crippen molar-refractivity contribution in [2.45, 2.75) is 33.2 Å². The van der Waals surface area contributed by atoms with Crippen molar-refractivity contribution in [3.63, 3.8) is 0 Å². The molecule has 1 amide bonds. The predicted octanol–water partition coefficient (Wildman–Crippen LogP) is 4.72. The highest BCUT2D eigenvalue weighted by atomic mass is 35.5. The maximum atomic E-state index is 12.6. The maximum absolute atomic E-state index is 12.6. The van der Waals surface area contributed by atoms with E-state index in [0.717, 1.165) is 23.9 Å². The van der Waals surface area contributed by atoms with E-state index in [2.05, 4.69) is 22.2 Å². The second kappa shape index (κ2) is 9.46. The fourth-order valence-electron chi connectivity index (χ4n) is 2.78. The monoisotopic (exact) mass is 401 g/mol. The van der Waals surface area contributed by atoms with Crippen molar-refractivity contribution in [3.05, 3.63) is 52.8 Å². The molecule has 28 heavy (non-hydrogen) atoms. The Morgan fingerprint density at radius 2 is 2.04 bits per heavy atom. The number of nitrogens with zero attached hydrogens (tertiary/aromatic N) is 1. The number of benzene rings is 2. The molecule has 1 aromatic heterocycles. The summed E-state index contributed by atoms with van der Waals surface area (Å²) in [6, 6.07) is 11.0. The molecule has 7 heteroatoms. The number of aromatic amines is 1. The Labute approximate surface area is 169 Å². The van der Waals surface area contributed by atoms with Crippen LogP contribution in [0.15, 0.2) is 36.4 Å². The van der Waals surface area contributed by atoms with Crippen LogP contribution in [0.4, 0.5) is 0 Å². The number of halogens is 1. The molecule has 0 aliphatic heterocycles. The third-order valence-electron chi connectivity index (χ3n) is 4.17. The Hall–Kier alpha value is -2.73. The first kappa shape index (κ1) is 20.0. The van der Waals surface area contributed by atoms with Crippen LogP contribution in [0.25, 0.3) is 11.0 Å². The van der Waals surface area contributed by atoms with Gasteiger partial charge < -0.3 is 19.8 Å². The van der Waals surface area contributed by atoms with Crippen LogP contribution in [-0.4, -0.2) is 29.1 Å². The highest BCUT2D eigenvalue weighted by Gasteiger charge is 2.16. The molecule has 2 N–H and O–H groups in total. The molecule has 3 aromatic rings. The molecule has 0 spiro atoms. The molecule has 1 heterocycles. The highest BCUT2D eigenvalue weighted by Crippen LogP contribution is 2.37. The van der Waals surface area contributed by atoms with Crippen LogP contribution < -0.4 is 14.8 Å². The Morgan fingerprint density at radius 1 is 1.21 bits per heavy atom. The molecule has 0 saturated carbocycles. The van der Waals surface area contributed by atoms with Crippen molar-refractivity contribution in [1.82, 2.24) is 15.3 Å². The first-order valence-electron chi connectivity index (χ1n) is 9.43. The number of ether oxygens (including phenoxy) is 2. The van der Waals surface area contributed by atoms with Crippen molar-refractivity contribution < 1.29 is 14.3 Å². The number of imidazole rings is 1. The SMILES string of the molecule is CCCCOc1c(Cl)cc(C(=O)NCc2nc3ccccc3[nH]2)cc1OCC. The number of carbonyl (C=O) groups excluding carboxylic acids is 1. The van der Waals surface area contributed by atoms with Crippen molar-refractivity contribution >= 4 is 28.5 Å². The van der Waals surface area contributed by atoms with E-state index >= 15 is 0 Å². The molecular formula is C21H24ClN3O3. The number of aromatic nitrogens is 2. The quantitative estimate of drug-likeness (QED) is 0.508. The lowest BCUT2D eigenvalue weighted by Crippen LogP contribution is -2.23. The van der Waals surface area contributed by atoms with Gasteiger partial charge in [0, 0.05) is 5.56 Å². The molecule has 0 radical (unpaired) electrons. The molecule has 6 nitrogen and oxygen atoms in total. The molecule has 0 saturated heterocycles. The number of rotatable bonds is 9. The third-order valence-corrected chi connectivity index (χ3v) is 4.45. The lowest BCUT2D eigenvalue weighted by atomic mass is 10.2. The standard InChI is InChI=1S/C21H24ClN3O3/c1-3-5-10-28-20-15(22)11-14(12-18(20)27-4-2)21(26)23-13-19-24-16-8-6-7-9-17(16)25-19/h6-9,11-12H,3-5,10,13H2,1-2H3,(H,23,26)(H,24,25). The van der Waals surface area contributed by atoms with E-state index < -0.39 is 0 Å². The number of hydrogen-bond acceptors (Lipinski definition) is 4. The average Bonchev–Trinajstić information content (AvgIpc) is 3.11. The molecule has 2 aromatic carbocycles. The summed E-state index contributed by atoms with van der Waals surface area (Å²) in [5, 5.41) is 3.21. The van der Waals surface area contributed by atoms with Gasteiger partial charge in [-0.1, -0.05) is 37.1 Å². The topological polar surface area (TPSA) is 76.2 Å². The van der Waals surface area contributed by atoms with Gasteiger partial charge in [0.1, 0.15) is 5.82 Å².